The number of hydrogen-bond donors (Lipinski definition) is 0. The number of carbonyl (C=O) groups excluding carboxylic acids is 2. The molecule has 108 valence electrons. The molecule has 0 aliphatic heterocycles. The van der Waals surface area contributed by atoms with Crippen molar-refractivity contribution in [3.8, 4) is 12.1 Å². The molecular formula is C12H12Cl2N2O4. The van der Waals surface area contributed by atoms with Gasteiger partial charge in [-0.05, 0) is 6.92 Å². The third-order valence-corrected chi connectivity index (χ3v) is 4.21. The second-order valence-corrected chi connectivity index (χ2v) is 5.79. The van der Waals surface area contributed by atoms with Gasteiger partial charge in [0.15, 0.2) is 5.92 Å². The fourth-order valence-corrected chi connectivity index (χ4v) is 2.92. The maximum atomic E-state index is 12.1. The van der Waals surface area contributed by atoms with E-state index in [4.69, 9.17) is 33.2 Å². The number of halogens is 2. The molecule has 1 fully saturated rings. The smallest absolute Gasteiger partial charge is 0.324 e. The van der Waals surface area contributed by atoms with Crippen molar-refractivity contribution >= 4 is 35.1 Å². The minimum absolute atomic E-state index is 0.0602. The average Bonchev–Trinajstić information content (AvgIpc) is 2.99. The van der Waals surface area contributed by atoms with Gasteiger partial charge in [0.2, 0.25) is 0 Å². The van der Waals surface area contributed by atoms with E-state index in [1.165, 1.54) is 0 Å². The maximum absolute atomic E-state index is 12.1. The molecule has 0 N–H and O–H groups in total. The zero-order valence-electron chi connectivity index (χ0n) is 10.9. The Hall–Kier alpha value is -1.50. The summed E-state index contributed by atoms with van der Waals surface area (Å²) >= 11 is 11.9. The van der Waals surface area contributed by atoms with E-state index in [1.54, 1.807) is 19.1 Å². The van der Waals surface area contributed by atoms with Gasteiger partial charge in [-0.25, -0.2) is 0 Å². The third kappa shape index (κ3) is 2.42. The molecule has 3 unspecified atom stereocenters. The average molecular weight is 319 g/mol. The summed E-state index contributed by atoms with van der Waals surface area (Å²) in [6.07, 6.45) is -0.0602. The largest absolute Gasteiger partial charge is 0.468 e. The zero-order chi connectivity index (χ0) is 15.6. The van der Waals surface area contributed by atoms with E-state index < -0.39 is 33.5 Å². The Bertz CT molecular complexity index is 509. The van der Waals surface area contributed by atoms with E-state index >= 15 is 0 Å². The van der Waals surface area contributed by atoms with Crippen molar-refractivity contribution in [3.05, 3.63) is 0 Å². The van der Waals surface area contributed by atoms with Gasteiger partial charge < -0.3 is 9.47 Å². The molecule has 0 spiro atoms. The van der Waals surface area contributed by atoms with Gasteiger partial charge in [-0.3, -0.25) is 9.59 Å². The number of alkyl halides is 2. The van der Waals surface area contributed by atoms with E-state index in [0.717, 1.165) is 7.11 Å². The first kappa shape index (κ1) is 16.6. The minimum Gasteiger partial charge on any atom is -0.468 e. The highest BCUT2D eigenvalue weighted by molar-refractivity contribution is 6.53. The van der Waals surface area contributed by atoms with Gasteiger partial charge >= 0.3 is 11.9 Å². The lowest BCUT2D eigenvalue weighted by Gasteiger charge is -2.23. The molecule has 0 bridgehead atoms. The molecule has 20 heavy (non-hydrogen) atoms. The summed E-state index contributed by atoms with van der Waals surface area (Å²) in [4.78, 5) is 23.6. The van der Waals surface area contributed by atoms with Crippen molar-refractivity contribution in [2.24, 2.45) is 17.3 Å². The monoisotopic (exact) mass is 318 g/mol. The summed E-state index contributed by atoms with van der Waals surface area (Å²) in [7, 11) is 1.08. The summed E-state index contributed by atoms with van der Waals surface area (Å²) in [5, 5.41) is 18.3. The van der Waals surface area contributed by atoms with Gasteiger partial charge in [0, 0.05) is 6.42 Å². The van der Waals surface area contributed by atoms with E-state index in [2.05, 4.69) is 4.74 Å². The van der Waals surface area contributed by atoms with Crippen LogP contribution in [-0.4, -0.2) is 30.0 Å². The Balaban J connectivity index is 3.21. The first-order chi connectivity index (χ1) is 9.32. The minimum atomic E-state index is -1.59. The van der Waals surface area contributed by atoms with Crippen molar-refractivity contribution in [1.82, 2.24) is 0 Å². The van der Waals surface area contributed by atoms with Crippen LogP contribution in [0.25, 0.3) is 0 Å². The summed E-state index contributed by atoms with van der Waals surface area (Å²) in [5.41, 5.74) is -1.59. The first-order valence-corrected chi connectivity index (χ1v) is 6.50. The van der Waals surface area contributed by atoms with Crippen LogP contribution in [0.5, 0.6) is 0 Å². The van der Waals surface area contributed by atoms with Crippen molar-refractivity contribution in [1.29, 1.82) is 10.5 Å². The number of carbonyl (C=O) groups is 2. The molecule has 0 aromatic carbocycles. The van der Waals surface area contributed by atoms with Crippen LogP contribution in [0.15, 0.2) is 0 Å². The highest BCUT2D eigenvalue weighted by Gasteiger charge is 2.77. The molecule has 1 rings (SSSR count). The highest BCUT2D eigenvalue weighted by atomic mass is 35.5. The van der Waals surface area contributed by atoms with Crippen LogP contribution in [0.4, 0.5) is 0 Å². The molecule has 0 aromatic heterocycles. The Morgan fingerprint density at radius 3 is 2.20 bits per heavy atom. The third-order valence-electron chi connectivity index (χ3n) is 3.27. The van der Waals surface area contributed by atoms with Gasteiger partial charge in [0.1, 0.15) is 9.75 Å². The fourth-order valence-electron chi connectivity index (χ4n) is 2.11. The topological polar surface area (TPSA) is 100 Å². The number of hydrogen-bond acceptors (Lipinski definition) is 6. The number of nitrogens with zero attached hydrogens (tertiary/aromatic N) is 2. The quantitative estimate of drug-likeness (QED) is 0.563. The molecule has 0 aromatic rings. The van der Waals surface area contributed by atoms with Crippen LogP contribution in [0.2, 0.25) is 0 Å². The van der Waals surface area contributed by atoms with Crippen LogP contribution in [0.3, 0.4) is 0 Å². The van der Waals surface area contributed by atoms with Crippen LogP contribution in [-0.2, 0) is 19.1 Å². The van der Waals surface area contributed by atoms with Crippen LogP contribution in [0.1, 0.15) is 13.3 Å². The number of ether oxygens (including phenoxy) is 2. The van der Waals surface area contributed by atoms with E-state index in [-0.39, 0.29) is 13.0 Å². The lowest BCUT2D eigenvalue weighted by Crippen LogP contribution is -2.38. The molecule has 1 aliphatic rings. The Kier molecular flexibility index (Phi) is 4.86. The number of nitriles is 2. The van der Waals surface area contributed by atoms with Crippen molar-refractivity contribution < 1.29 is 19.1 Å². The van der Waals surface area contributed by atoms with Crippen molar-refractivity contribution in [2.45, 2.75) is 17.7 Å². The van der Waals surface area contributed by atoms with Gasteiger partial charge in [-0.1, -0.05) is 0 Å². The van der Waals surface area contributed by atoms with Crippen molar-refractivity contribution in [3.63, 3.8) is 0 Å². The molecule has 6 nitrogen and oxygen atoms in total. The number of methoxy groups -OCH3 is 1. The molecule has 1 aliphatic carbocycles. The predicted molar refractivity (Wildman–Crippen MR) is 68.3 cm³/mol. The second-order valence-electron chi connectivity index (χ2n) is 4.31. The molecule has 3 atom stereocenters. The van der Waals surface area contributed by atoms with Crippen LogP contribution in [0, 0.1) is 39.9 Å². The van der Waals surface area contributed by atoms with Gasteiger partial charge in [-0.15, -0.1) is 23.2 Å². The molecule has 0 heterocycles. The SMILES string of the molecule is CCOC(=O)C1(C(C#N)C(C#N)C(=O)OC)CC1(Cl)Cl. The molecule has 1 saturated carbocycles. The van der Waals surface area contributed by atoms with E-state index in [1.807, 2.05) is 0 Å². The summed E-state index contributed by atoms with van der Waals surface area (Å²) in [6, 6.07) is 3.44. The summed E-state index contributed by atoms with van der Waals surface area (Å²) in [5.74, 6) is -4.51. The van der Waals surface area contributed by atoms with Crippen LogP contribution < -0.4 is 0 Å². The Morgan fingerprint density at radius 1 is 1.35 bits per heavy atom. The lowest BCUT2D eigenvalue weighted by atomic mass is 9.80. The number of rotatable bonds is 5. The highest BCUT2D eigenvalue weighted by Crippen LogP contribution is 2.69. The normalized spacial score (nSPS) is 25.5. The summed E-state index contributed by atoms with van der Waals surface area (Å²) in [6.45, 7) is 1.65. The fraction of sp³-hybridized carbons (Fsp3) is 0.667. The maximum Gasteiger partial charge on any atom is 0.324 e. The molecule has 8 heteroatoms. The zero-order valence-corrected chi connectivity index (χ0v) is 12.4. The first-order valence-electron chi connectivity index (χ1n) is 5.74. The van der Waals surface area contributed by atoms with Crippen LogP contribution >= 0.6 is 23.2 Å². The molecular weight excluding hydrogens is 307 g/mol. The van der Waals surface area contributed by atoms with Crippen molar-refractivity contribution in [2.75, 3.05) is 13.7 Å². The van der Waals surface area contributed by atoms with Gasteiger partial charge in [0.05, 0.1) is 31.8 Å². The Labute approximate surface area is 126 Å². The van der Waals surface area contributed by atoms with E-state index in [9.17, 15) is 14.9 Å². The second kappa shape index (κ2) is 5.87. The summed E-state index contributed by atoms with van der Waals surface area (Å²) < 4.78 is 7.80. The molecule has 0 amide bonds. The lowest BCUT2D eigenvalue weighted by molar-refractivity contribution is -0.154. The van der Waals surface area contributed by atoms with Gasteiger partial charge in [0.25, 0.3) is 0 Å². The predicted octanol–water partition coefficient (Wildman–Crippen LogP) is 1.57. The number of esters is 2. The Morgan fingerprint density at radius 2 is 1.90 bits per heavy atom. The molecule has 0 saturated heterocycles. The van der Waals surface area contributed by atoms with Gasteiger partial charge in [-0.2, -0.15) is 10.5 Å². The van der Waals surface area contributed by atoms with E-state index in [0.29, 0.717) is 0 Å². The standard InChI is InChI=1S/C12H12Cl2N2O4/c1-3-20-10(18)11(6-12(11,13)14)8(5-16)7(4-15)9(17)19-2/h7-8H,3,6H2,1-2H3. The molecule has 0 radical (unpaired) electrons.